The molecule has 0 aliphatic heterocycles. The molecule has 0 saturated heterocycles. The van der Waals surface area contributed by atoms with Crippen LogP contribution in [0, 0.1) is 0 Å². The monoisotopic (exact) mass is 471 g/mol. The molecule has 3 aromatic heterocycles. The van der Waals surface area contributed by atoms with Crippen molar-refractivity contribution in [3.8, 4) is 16.8 Å². The van der Waals surface area contributed by atoms with Crippen molar-refractivity contribution in [2.45, 2.75) is 0 Å². The minimum absolute atomic E-state index is 1.02. The van der Waals surface area contributed by atoms with Crippen LogP contribution in [0.2, 0.25) is 0 Å². The van der Waals surface area contributed by atoms with Crippen LogP contribution in [0.15, 0.2) is 128 Å². The van der Waals surface area contributed by atoms with E-state index in [1.54, 1.807) is 0 Å². The largest absolute Gasteiger partial charge is 0.309 e. The van der Waals surface area contributed by atoms with Gasteiger partial charge in [-0.2, -0.15) is 0 Å². The highest BCUT2D eigenvalue weighted by molar-refractivity contribution is 6.31. The van der Waals surface area contributed by atoms with Gasteiger partial charge in [-0.3, -0.25) is 9.97 Å². The third kappa shape index (κ3) is 2.88. The van der Waals surface area contributed by atoms with Crippen LogP contribution in [0.4, 0.5) is 0 Å². The third-order valence-electron chi connectivity index (χ3n) is 7.44. The van der Waals surface area contributed by atoms with Crippen molar-refractivity contribution in [3.05, 3.63) is 128 Å². The summed E-state index contributed by atoms with van der Waals surface area (Å²) in [5.41, 5.74) is 7.84. The minimum atomic E-state index is 1.02. The molecule has 3 heteroatoms. The molecular weight excluding hydrogens is 450 g/mol. The number of aromatic nitrogens is 3. The van der Waals surface area contributed by atoms with Crippen molar-refractivity contribution in [1.29, 1.82) is 0 Å². The fourth-order valence-electron chi connectivity index (χ4n) is 5.90. The standard InChI is InChI=1S/C34H21N3/c1-2-14-27-26(13-1)31-28-15-3-4-18-30(28)37(34(31)29-17-8-20-36-33(27)29)24-12-5-10-23(21-24)25-16-6-9-22-11-7-19-35-32(22)25/h1-21H. The summed E-state index contributed by atoms with van der Waals surface area (Å²) in [5, 5.41) is 7.23. The molecule has 0 amide bonds. The highest BCUT2D eigenvalue weighted by Crippen LogP contribution is 2.42. The first-order chi connectivity index (χ1) is 18.4. The first kappa shape index (κ1) is 20.2. The fourth-order valence-corrected chi connectivity index (χ4v) is 5.90. The first-order valence-corrected chi connectivity index (χ1v) is 12.5. The van der Waals surface area contributed by atoms with Gasteiger partial charge < -0.3 is 4.57 Å². The third-order valence-corrected chi connectivity index (χ3v) is 7.44. The average molecular weight is 472 g/mol. The Kier molecular flexibility index (Phi) is 4.23. The number of hydrogen-bond donors (Lipinski definition) is 0. The topological polar surface area (TPSA) is 30.7 Å². The lowest BCUT2D eigenvalue weighted by Gasteiger charge is -2.13. The van der Waals surface area contributed by atoms with Crippen molar-refractivity contribution in [3.63, 3.8) is 0 Å². The van der Waals surface area contributed by atoms with Gasteiger partial charge in [-0.05, 0) is 47.3 Å². The molecule has 0 spiro atoms. The number of fused-ring (bicyclic) bond motifs is 9. The van der Waals surface area contributed by atoms with E-state index in [-0.39, 0.29) is 0 Å². The Morgan fingerprint density at radius 1 is 0.514 bits per heavy atom. The lowest BCUT2D eigenvalue weighted by atomic mass is 9.99. The van der Waals surface area contributed by atoms with E-state index in [0.717, 1.165) is 38.6 Å². The molecule has 0 radical (unpaired) electrons. The van der Waals surface area contributed by atoms with Crippen LogP contribution in [0.3, 0.4) is 0 Å². The summed E-state index contributed by atoms with van der Waals surface area (Å²) in [6, 6.07) is 40.9. The molecule has 37 heavy (non-hydrogen) atoms. The molecule has 0 unspecified atom stereocenters. The van der Waals surface area contributed by atoms with Crippen LogP contribution in [0.1, 0.15) is 0 Å². The van der Waals surface area contributed by atoms with Crippen molar-refractivity contribution in [2.24, 2.45) is 0 Å². The van der Waals surface area contributed by atoms with Gasteiger partial charge in [0.05, 0.1) is 22.1 Å². The molecule has 0 atom stereocenters. The molecule has 3 heterocycles. The SMILES string of the molecule is c1cc(-c2cccc3cccnc23)cc(-n2c3ccccc3c3c4ccccc4c4ncccc4c32)c1. The van der Waals surface area contributed by atoms with Gasteiger partial charge in [0.25, 0.3) is 0 Å². The van der Waals surface area contributed by atoms with Crippen LogP contribution >= 0.6 is 0 Å². The van der Waals surface area contributed by atoms with E-state index < -0.39 is 0 Å². The summed E-state index contributed by atoms with van der Waals surface area (Å²) < 4.78 is 2.41. The molecule has 5 aromatic carbocycles. The highest BCUT2D eigenvalue weighted by atomic mass is 15.0. The van der Waals surface area contributed by atoms with Crippen molar-refractivity contribution in [2.75, 3.05) is 0 Å². The van der Waals surface area contributed by atoms with E-state index >= 15 is 0 Å². The summed E-state index contributed by atoms with van der Waals surface area (Å²) in [7, 11) is 0. The molecule has 8 aromatic rings. The number of benzene rings is 5. The van der Waals surface area contributed by atoms with Crippen LogP contribution in [0.5, 0.6) is 0 Å². The van der Waals surface area contributed by atoms with Crippen LogP contribution in [-0.2, 0) is 0 Å². The predicted octanol–water partition coefficient (Wildman–Crippen LogP) is 8.70. The van der Waals surface area contributed by atoms with Gasteiger partial charge in [-0.1, -0.05) is 78.9 Å². The maximum Gasteiger partial charge on any atom is 0.0801 e. The molecule has 0 fully saturated rings. The Labute approximate surface area is 213 Å². The second-order valence-corrected chi connectivity index (χ2v) is 9.45. The Balaban J connectivity index is 1.53. The summed E-state index contributed by atoms with van der Waals surface area (Å²) in [6.45, 7) is 0. The number of para-hydroxylation sites is 2. The Morgan fingerprint density at radius 3 is 2.14 bits per heavy atom. The highest BCUT2D eigenvalue weighted by Gasteiger charge is 2.19. The molecule has 0 aliphatic carbocycles. The number of rotatable bonds is 2. The maximum absolute atomic E-state index is 4.84. The molecule has 172 valence electrons. The number of nitrogens with zero attached hydrogens (tertiary/aromatic N) is 3. The first-order valence-electron chi connectivity index (χ1n) is 12.5. The van der Waals surface area contributed by atoms with Gasteiger partial charge >= 0.3 is 0 Å². The summed E-state index contributed by atoms with van der Waals surface area (Å²) in [5.74, 6) is 0. The Bertz CT molecular complexity index is 2150. The summed E-state index contributed by atoms with van der Waals surface area (Å²) >= 11 is 0. The van der Waals surface area contributed by atoms with Gasteiger partial charge in [0, 0.05) is 50.6 Å². The minimum Gasteiger partial charge on any atom is -0.309 e. The molecule has 3 nitrogen and oxygen atoms in total. The van der Waals surface area contributed by atoms with E-state index in [9.17, 15) is 0 Å². The molecular formula is C34H21N3. The lowest BCUT2D eigenvalue weighted by molar-refractivity contribution is 1.19. The molecule has 8 rings (SSSR count). The van der Waals surface area contributed by atoms with E-state index in [1.807, 2.05) is 24.5 Å². The average Bonchev–Trinajstić information content (AvgIpc) is 3.33. The molecule has 0 bridgehead atoms. The zero-order valence-corrected chi connectivity index (χ0v) is 20.0. The van der Waals surface area contributed by atoms with Crippen molar-refractivity contribution < 1.29 is 0 Å². The number of pyridine rings is 2. The molecule has 0 N–H and O–H groups in total. The van der Waals surface area contributed by atoms with Crippen LogP contribution < -0.4 is 0 Å². The summed E-state index contributed by atoms with van der Waals surface area (Å²) in [6.07, 6.45) is 3.76. The van der Waals surface area contributed by atoms with Crippen LogP contribution in [-0.4, -0.2) is 14.5 Å². The maximum atomic E-state index is 4.84. The number of hydrogen-bond acceptors (Lipinski definition) is 2. The van der Waals surface area contributed by atoms with Gasteiger partial charge in [0.15, 0.2) is 0 Å². The molecule has 0 saturated carbocycles. The fraction of sp³-hybridized carbons (Fsp3) is 0. The molecule has 0 aliphatic rings. The van der Waals surface area contributed by atoms with E-state index in [4.69, 9.17) is 9.97 Å². The van der Waals surface area contributed by atoms with Crippen molar-refractivity contribution in [1.82, 2.24) is 14.5 Å². The second kappa shape index (κ2) is 7.74. The smallest absolute Gasteiger partial charge is 0.0801 e. The van der Waals surface area contributed by atoms with E-state index in [2.05, 4.69) is 108 Å². The van der Waals surface area contributed by atoms with E-state index in [0.29, 0.717) is 0 Å². The zero-order valence-electron chi connectivity index (χ0n) is 20.0. The van der Waals surface area contributed by atoms with Gasteiger partial charge in [0.1, 0.15) is 0 Å². The summed E-state index contributed by atoms with van der Waals surface area (Å²) in [4.78, 5) is 9.55. The van der Waals surface area contributed by atoms with Gasteiger partial charge in [0.2, 0.25) is 0 Å². The predicted molar refractivity (Wildman–Crippen MR) is 154 cm³/mol. The van der Waals surface area contributed by atoms with Gasteiger partial charge in [-0.25, -0.2) is 0 Å². The normalized spacial score (nSPS) is 11.8. The van der Waals surface area contributed by atoms with Crippen LogP contribution in [0.25, 0.3) is 71.2 Å². The lowest BCUT2D eigenvalue weighted by Crippen LogP contribution is -1.96. The van der Waals surface area contributed by atoms with E-state index in [1.165, 1.54) is 32.6 Å². The van der Waals surface area contributed by atoms with Gasteiger partial charge in [-0.15, -0.1) is 0 Å². The second-order valence-electron chi connectivity index (χ2n) is 9.45. The zero-order chi connectivity index (χ0) is 24.3. The Morgan fingerprint density at radius 2 is 1.22 bits per heavy atom. The van der Waals surface area contributed by atoms with Crippen molar-refractivity contribution >= 4 is 54.4 Å². The quantitative estimate of drug-likeness (QED) is 0.236. The Hall–Kier alpha value is -5.02.